The highest BCUT2D eigenvalue weighted by molar-refractivity contribution is 7.89. The normalized spacial score (nSPS) is 11.4. The van der Waals surface area contributed by atoms with E-state index in [0.29, 0.717) is 12.8 Å². The van der Waals surface area contributed by atoms with Crippen LogP contribution in [-0.2, 0) is 10.0 Å². The van der Waals surface area contributed by atoms with Gasteiger partial charge in [-0.2, -0.15) is 0 Å². The van der Waals surface area contributed by atoms with E-state index >= 15 is 0 Å². The van der Waals surface area contributed by atoms with Crippen molar-refractivity contribution >= 4 is 10.0 Å². The third-order valence-corrected chi connectivity index (χ3v) is 3.81. The van der Waals surface area contributed by atoms with Crippen LogP contribution in [0.1, 0.15) is 12.8 Å². The average molecular weight is 251 g/mol. The molecule has 3 nitrogen and oxygen atoms in total. The van der Waals surface area contributed by atoms with E-state index in [1.54, 1.807) is 42.5 Å². The van der Waals surface area contributed by atoms with E-state index in [1.165, 1.54) is 0 Å². The maximum Gasteiger partial charge on any atom is 0.240 e. The second-order valence-corrected chi connectivity index (χ2v) is 5.39. The first kappa shape index (κ1) is 13.7. The van der Waals surface area contributed by atoms with Crippen LogP contribution in [0, 0.1) is 0 Å². The lowest BCUT2D eigenvalue weighted by Crippen LogP contribution is -2.34. The Hall–Kier alpha value is -1.39. The number of nitrogens with one attached hydrogen (secondary N) is 1. The number of hydrogen-bond donors (Lipinski definition) is 1. The van der Waals surface area contributed by atoms with Crippen LogP contribution in [0.15, 0.2) is 60.5 Å². The Morgan fingerprint density at radius 2 is 1.65 bits per heavy atom. The van der Waals surface area contributed by atoms with Crippen molar-refractivity contribution < 1.29 is 8.42 Å². The molecule has 0 heterocycles. The molecule has 0 bridgehead atoms. The number of rotatable bonds is 7. The molecule has 1 aromatic rings. The molecule has 0 unspecified atom stereocenters. The summed E-state index contributed by atoms with van der Waals surface area (Å²) in [4.78, 5) is 0.276. The molecular weight excluding hydrogens is 234 g/mol. The third-order valence-electron chi connectivity index (χ3n) is 2.28. The standard InChI is InChI=1S/C13H17NO2S/c1-3-8-12(9-4-2)14-17(15,16)13-10-6-5-7-11-13/h3-7,10-12,14H,1-2,8-9H2. The van der Waals surface area contributed by atoms with Gasteiger partial charge in [0.1, 0.15) is 0 Å². The molecule has 92 valence electrons. The molecule has 0 radical (unpaired) electrons. The molecule has 0 atom stereocenters. The van der Waals surface area contributed by atoms with Gasteiger partial charge in [-0.1, -0.05) is 30.4 Å². The summed E-state index contributed by atoms with van der Waals surface area (Å²) in [6.07, 6.45) is 4.56. The quantitative estimate of drug-likeness (QED) is 0.757. The van der Waals surface area contributed by atoms with Gasteiger partial charge >= 0.3 is 0 Å². The SMILES string of the molecule is C=CCC(CC=C)NS(=O)(=O)c1ccccc1. The first-order valence-corrected chi connectivity index (χ1v) is 6.87. The van der Waals surface area contributed by atoms with Crippen LogP contribution < -0.4 is 4.72 Å². The lowest BCUT2D eigenvalue weighted by molar-refractivity contribution is 0.550. The van der Waals surface area contributed by atoms with Crippen LogP contribution in [0.2, 0.25) is 0 Å². The van der Waals surface area contributed by atoms with E-state index in [9.17, 15) is 8.42 Å². The monoisotopic (exact) mass is 251 g/mol. The summed E-state index contributed by atoms with van der Waals surface area (Å²) < 4.78 is 26.7. The molecule has 0 saturated carbocycles. The summed E-state index contributed by atoms with van der Waals surface area (Å²) >= 11 is 0. The predicted octanol–water partition coefficient (Wildman–Crippen LogP) is 2.49. The Balaban J connectivity index is 2.84. The van der Waals surface area contributed by atoms with E-state index in [4.69, 9.17) is 0 Å². The summed E-state index contributed by atoms with van der Waals surface area (Å²) in [5.74, 6) is 0. The fourth-order valence-electron chi connectivity index (χ4n) is 1.48. The topological polar surface area (TPSA) is 46.2 Å². The van der Waals surface area contributed by atoms with Gasteiger partial charge in [0.2, 0.25) is 10.0 Å². The van der Waals surface area contributed by atoms with Crippen molar-refractivity contribution in [3.63, 3.8) is 0 Å². The number of hydrogen-bond acceptors (Lipinski definition) is 2. The van der Waals surface area contributed by atoms with Gasteiger partial charge in [0, 0.05) is 6.04 Å². The zero-order valence-electron chi connectivity index (χ0n) is 9.67. The first-order valence-electron chi connectivity index (χ1n) is 5.39. The molecule has 1 rings (SSSR count). The van der Waals surface area contributed by atoms with Gasteiger partial charge in [0.05, 0.1) is 4.90 Å². The fourth-order valence-corrected chi connectivity index (χ4v) is 2.76. The molecule has 0 spiro atoms. The van der Waals surface area contributed by atoms with Crippen molar-refractivity contribution in [2.45, 2.75) is 23.8 Å². The second kappa shape index (κ2) is 6.37. The summed E-state index contributed by atoms with van der Waals surface area (Å²) in [5.41, 5.74) is 0. The highest BCUT2D eigenvalue weighted by Crippen LogP contribution is 2.10. The van der Waals surface area contributed by atoms with Crippen molar-refractivity contribution in [1.82, 2.24) is 4.72 Å². The third kappa shape index (κ3) is 4.17. The Morgan fingerprint density at radius 3 is 2.12 bits per heavy atom. The summed E-state index contributed by atoms with van der Waals surface area (Å²) in [7, 11) is -3.45. The van der Waals surface area contributed by atoms with Crippen LogP contribution in [0.4, 0.5) is 0 Å². The van der Waals surface area contributed by atoms with E-state index in [0.717, 1.165) is 0 Å². The molecule has 0 aliphatic carbocycles. The molecule has 0 fully saturated rings. The summed E-state index contributed by atoms with van der Waals surface area (Å²) in [5, 5.41) is 0. The van der Waals surface area contributed by atoms with Gasteiger partial charge in [-0.25, -0.2) is 13.1 Å². The van der Waals surface area contributed by atoms with Crippen LogP contribution >= 0.6 is 0 Å². The number of sulfonamides is 1. The lowest BCUT2D eigenvalue weighted by atomic mass is 10.1. The Bertz CT molecular complexity index is 455. The highest BCUT2D eigenvalue weighted by atomic mass is 32.2. The van der Waals surface area contributed by atoms with Crippen LogP contribution in [0.5, 0.6) is 0 Å². The van der Waals surface area contributed by atoms with Crippen molar-refractivity contribution in [2.75, 3.05) is 0 Å². The lowest BCUT2D eigenvalue weighted by Gasteiger charge is -2.15. The molecule has 17 heavy (non-hydrogen) atoms. The minimum Gasteiger partial charge on any atom is -0.207 e. The van der Waals surface area contributed by atoms with E-state index < -0.39 is 10.0 Å². The maximum atomic E-state index is 12.0. The Morgan fingerprint density at radius 1 is 1.12 bits per heavy atom. The highest BCUT2D eigenvalue weighted by Gasteiger charge is 2.17. The molecule has 1 aromatic carbocycles. The van der Waals surface area contributed by atoms with Gasteiger partial charge in [-0.15, -0.1) is 13.2 Å². The zero-order valence-corrected chi connectivity index (χ0v) is 10.5. The van der Waals surface area contributed by atoms with Crippen molar-refractivity contribution in [1.29, 1.82) is 0 Å². The van der Waals surface area contributed by atoms with Crippen molar-refractivity contribution in [3.8, 4) is 0 Å². The van der Waals surface area contributed by atoms with Gasteiger partial charge < -0.3 is 0 Å². The zero-order chi connectivity index (χ0) is 12.7. The minimum absolute atomic E-state index is 0.185. The van der Waals surface area contributed by atoms with Crippen molar-refractivity contribution in [2.24, 2.45) is 0 Å². The number of benzene rings is 1. The van der Waals surface area contributed by atoms with Crippen LogP contribution in [0.3, 0.4) is 0 Å². The maximum absolute atomic E-state index is 12.0. The molecule has 0 saturated heterocycles. The molecule has 0 amide bonds. The largest absolute Gasteiger partial charge is 0.240 e. The van der Waals surface area contributed by atoms with Crippen LogP contribution in [-0.4, -0.2) is 14.5 Å². The Kier molecular flexibility index (Phi) is 5.12. The van der Waals surface area contributed by atoms with Gasteiger partial charge in [-0.05, 0) is 25.0 Å². The first-order chi connectivity index (χ1) is 8.10. The predicted molar refractivity (Wildman–Crippen MR) is 70.2 cm³/mol. The van der Waals surface area contributed by atoms with E-state index in [2.05, 4.69) is 17.9 Å². The molecule has 0 aromatic heterocycles. The molecule has 1 N–H and O–H groups in total. The Labute approximate surface area is 103 Å². The second-order valence-electron chi connectivity index (χ2n) is 3.68. The van der Waals surface area contributed by atoms with Crippen LogP contribution in [0.25, 0.3) is 0 Å². The molecule has 0 aliphatic heterocycles. The van der Waals surface area contributed by atoms with Gasteiger partial charge in [0.15, 0.2) is 0 Å². The van der Waals surface area contributed by atoms with Gasteiger partial charge in [-0.3, -0.25) is 0 Å². The molecule has 0 aliphatic rings. The summed E-state index contributed by atoms with van der Waals surface area (Å²) in [6, 6.07) is 8.14. The van der Waals surface area contributed by atoms with Gasteiger partial charge in [0.25, 0.3) is 0 Å². The van der Waals surface area contributed by atoms with E-state index in [1.807, 2.05) is 0 Å². The molecular formula is C13H17NO2S. The fraction of sp³-hybridized carbons (Fsp3) is 0.231. The average Bonchev–Trinajstić information content (AvgIpc) is 2.30. The van der Waals surface area contributed by atoms with E-state index in [-0.39, 0.29) is 10.9 Å². The van der Waals surface area contributed by atoms with Crippen molar-refractivity contribution in [3.05, 3.63) is 55.6 Å². The summed E-state index contributed by atoms with van der Waals surface area (Å²) in [6.45, 7) is 7.23. The smallest absolute Gasteiger partial charge is 0.207 e. The minimum atomic E-state index is -3.45. The molecule has 4 heteroatoms.